The summed E-state index contributed by atoms with van der Waals surface area (Å²) in [6, 6.07) is 6.93. The first kappa shape index (κ1) is 11.2. The van der Waals surface area contributed by atoms with Gasteiger partial charge in [0.05, 0.1) is 11.3 Å². The van der Waals surface area contributed by atoms with Crippen molar-refractivity contribution in [3.8, 4) is 11.8 Å². The van der Waals surface area contributed by atoms with Gasteiger partial charge in [-0.15, -0.1) is 0 Å². The third-order valence-corrected chi connectivity index (χ3v) is 2.46. The van der Waals surface area contributed by atoms with Crippen molar-refractivity contribution in [3.05, 3.63) is 57.0 Å². The zero-order chi connectivity index (χ0) is 12.4. The Morgan fingerprint density at radius 1 is 1.41 bits per heavy atom. The van der Waals surface area contributed by atoms with Gasteiger partial charge in [0.15, 0.2) is 4.77 Å². The summed E-state index contributed by atoms with van der Waals surface area (Å²) in [6.45, 7) is 0. The maximum atomic E-state index is 13.0. The highest BCUT2D eigenvalue weighted by Crippen LogP contribution is 2.14. The molecule has 17 heavy (non-hydrogen) atoms. The Morgan fingerprint density at radius 2 is 2.18 bits per heavy atom. The lowest BCUT2D eigenvalue weighted by atomic mass is 10.2. The number of nitriles is 1. The molecule has 2 rings (SSSR count). The first-order chi connectivity index (χ1) is 8.11. The average Bonchev–Trinajstić information content (AvgIpc) is 2.30. The van der Waals surface area contributed by atoms with E-state index < -0.39 is 5.82 Å². The second-order valence-corrected chi connectivity index (χ2v) is 3.64. The lowest BCUT2D eigenvalue weighted by Gasteiger charge is -2.07. The molecule has 0 spiro atoms. The molecule has 0 aliphatic carbocycles. The molecule has 0 bridgehead atoms. The van der Waals surface area contributed by atoms with Crippen LogP contribution in [0.3, 0.4) is 0 Å². The van der Waals surface area contributed by atoms with E-state index in [1.54, 1.807) is 0 Å². The largest absolute Gasteiger partial charge is 0.299 e. The molecule has 0 aliphatic rings. The zero-order valence-corrected chi connectivity index (χ0v) is 9.29. The van der Waals surface area contributed by atoms with Crippen molar-refractivity contribution in [2.45, 2.75) is 0 Å². The molecule has 2 aromatic rings. The number of hydrogen-bond donors (Lipinski definition) is 1. The van der Waals surface area contributed by atoms with Crippen molar-refractivity contribution in [3.63, 3.8) is 0 Å². The number of nitrogens with zero attached hydrogens (tertiary/aromatic N) is 2. The summed E-state index contributed by atoms with van der Waals surface area (Å²) in [6.07, 6.45) is 1.44. The van der Waals surface area contributed by atoms with Crippen molar-refractivity contribution in [1.82, 2.24) is 9.55 Å². The Morgan fingerprint density at radius 3 is 2.82 bits per heavy atom. The first-order valence-electron chi connectivity index (χ1n) is 4.64. The molecule has 0 atom stereocenters. The molecule has 1 aromatic carbocycles. The van der Waals surface area contributed by atoms with E-state index in [0.29, 0.717) is 5.69 Å². The molecule has 0 amide bonds. The van der Waals surface area contributed by atoms with Crippen molar-refractivity contribution >= 4 is 12.2 Å². The minimum atomic E-state index is -0.499. The minimum Gasteiger partial charge on any atom is -0.299 e. The predicted molar refractivity (Wildman–Crippen MR) is 61.9 cm³/mol. The number of rotatable bonds is 1. The Labute approximate surface area is 101 Å². The number of aromatic nitrogens is 2. The molecule has 0 unspecified atom stereocenters. The van der Waals surface area contributed by atoms with Crippen LogP contribution in [0.4, 0.5) is 4.39 Å². The van der Waals surface area contributed by atoms with E-state index >= 15 is 0 Å². The first-order valence-corrected chi connectivity index (χ1v) is 5.04. The maximum absolute atomic E-state index is 13.0. The summed E-state index contributed by atoms with van der Waals surface area (Å²) in [5.41, 5.74) is 0.246. The molecule has 0 radical (unpaired) electrons. The van der Waals surface area contributed by atoms with Crippen molar-refractivity contribution in [2.75, 3.05) is 0 Å². The number of halogens is 1. The average molecular weight is 247 g/mol. The smallest absolute Gasteiger partial charge is 0.251 e. The van der Waals surface area contributed by atoms with Gasteiger partial charge in [-0.25, -0.2) is 4.39 Å². The molecular weight excluding hydrogens is 241 g/mol. The molecule has 0 saturated heterocycles. The van der Waals surface area contributed by atoms with E-state index in [2.05, 4.69) is 4.98 Å². The third kappa shape index (κ3) is 2.14. The zero-order valence-electron chi connectivity index (χ0n) is 8.48. The Hall–Kier alpha value is -2.26. The van der Waals surface area contributed by atoms with Gasteiger partial charge in [-0.05, 0) is 30.4 Å². The number of hydrogen-bond acceptors (Lipinski definition) is 3. The fraction of sp³-hybridized carbons (Fsp3) is 0. The van der Waals surface area contributed by atoms with Gasteiger partial charge in [-0.3, -0.25) is 14.3 Å². The number of aromatic amines is 1. The van der Waals surface area contributed by atoms with Crippen LogP contribution in [0.25, 0.3) is 5.69 Å². The molecule has 4 nitrogen and oxygen atoms in total. The van der Waals surface area contributed by atoms with E-state index in [1.165, 1.54) is 29.0 Å². The lowest BCUT2D eigenvalue weighted by Crippen LogP contribution is -2.10. The third-order valence-electron chi connectivity index (χ3n) is 2.16. The van der Waals surface area contributed by atoms with E-state index in [9.17, 15) is 9.18 Å². The van der Waals surface area contributed by atoms with Crippen LogP contribution >= 0.6 is 12.2 Å². The standard InChI is InChI=1S/C11H6FN3OS/c12-8-1-2-9(7(5-8)6-13)15-4-3-10(16)14-11(15)17/h1-5H,(H,14,16,17). The summed E-state index contributed by atoms with van der Waals surface area (Å²) in [7, 11) is 0. The van der Waals surface area contributed by atoms with Gasteiger partial charge in [0.2, 0.25) is 0 Å². The molecule has 0 saturated carbocycles. The minimum absolute atomic E-state index is 0.146. The summed E-state index contributed by atoms with van der Waals surface area (Å²) >= 11 is 4.97. The van der Waals surface area contributed by atoms with Gasteiger partial charge in [-0.1, -0.05) is 0 Å². The highest BCUT2D eigenvalue weighted by Gasteiger charge is 2.06. The Kier molecular flexibility index (Phi) is 2.85. The monoisotopic (exact) mass is 247 g/mol. The van der Waals surface area contributed by atoms with E-state index in [1.807, 2.05) is 6.07 Å². The highest BCUT2D eigenvalue weighted by atomic mass is 32.1. The van der Waals surface area contributed by atoms with E-state index in [-0.39, 0.29) is 15.9 Å². The topological polar surface area (TPSA) is 61.6 Å². The summed E-state index contributed by atoms with van der Waals surface area (Å²) in [4.78, 5) is 13.4. The van der Waals surface area contributed by atoms with Gasteiger partial charge in [-0.2, -0.15) is 5.26 Å². The molecular formula is C11H6FN3OS. The molecule has 6 heteroatoms. The predicted octanol–water partition coefficient (Wildman–Crippen LogP) is 1.91. The van der Waals surface area contributed by atoms with Crippen molar-refractivity contribution in [1.29, 1.82) is 5.26 Å². The van der Waals surface area contributed by atoms with Crippen molar-refractivity contribution < 1.29 is 4.39 Å². The molecule has 0 fully saturated rings. The van der Waals surface area contributed by atoms with Crippen LogP contribution in [0.2, 0.25) is 0 Å². The summed E-state index contributed by atoms with van der Waals surface area (Å²) in [5.74, 6) is -0.499. The van der Waals surface area contributed by atoms with Gasteiger partial charge < -0.3 is 0 Å². The van der Waals surface area contributed by atoms with E-state index in [0.717, 1.165) is 6.07 Å². The molecule has 1 heterocycles. The van der Waals surface area contributed by atoms with Crippen LogP contribution in [0, 0.1) is 21.9 Å². The quantitative estimate of drug-likeness (QED) is 0.783. The van der Waals surface area contributed by atoms with Crippen LogP contribution in [-0.4, -0.2) is 9.55 Å². The fourth-order valence-electron chi connectivity index (χ4n) is 1.41. The van der Waals surface area contributed by atoms with Crippen LogP contribution in [0.5, 0.6) is 0 Å². The van der Waals surface area contributed by atoms with Crippen LogP contribution < -0.4 is 5.56 Å². The second kappa shape index (κ2) is 4.31. The molecule has 0 aliphatic heterocycles. The number of H-pyrrole nitrogens is 1. The fourth-order valence-corrected chi connectivity index (χ4v) is 1.67. The number of benzene rings is 1. The van der Waals surface area contributed by atoms with Gasteiger partial charge in [0, 0.05) is 12.3 Å². The number of nitrogens with one attached hydrogen (secondary N) is 1. The normalized spacial score (nSPS) is 9.88. The summed E-state index contributed by atoms with van der Waals surface area (Å²) < 4.78 is 14.6. The van der Waals surface area contributed by atoms with Gasteiger partial charge >= 0.3 is 0 Å². The Bertz CT molecular complexity index is 726. The maximum Gasteiger partial charge on any atom is 0.251 e. The van der Waals surface area contributed by atoms with Crippen molar-refractivity contribution in [2.24, 2.45) is 0 Å². The molecule has 84 valence electrons. The lowest BCUT2D eigenvalue weighted by molar-refractivity contribution is 0.626. The highest BCUT2D eigenvalue weighted by molar-refractivity contribution is 7.71. The molecule has 1 aromatic heterocycles. The van der Waals surface area contributed by atoms with Crippen LogP contribution in [0.1, 0.15) is 5.56 Å². The second-order valence-electron chi connectivity index (χ2n) is 3.25. The summed E-state index contributed by atoms with van der Waals surface area (Å²) in [5, 5.41) is 8.91. The Balaban J connectivity index is 2.74. The molecule has 1 N–H and O–H groups in total. The van der Waals surface area contributed by atoms with Gasteiger partial charge in [0.25, 0.3) is 5.56 Å². The van der Waals surface area contributed by atoms with Crippen LogP contribution in [0.15, 0.2) is 35.3 Å². The van der Waals surface area contributed by atoms with Gasteiger partial charge in [0.1, 0.15) is 11.9 Å². The van der Waals surface area contributed by atoms with Crippen LogP contribution in [-0.2, 0) is 0 Å². The van der Waals surface area contributed by atoms with E-state index in [4.69, 9.17) is 17.5 Å². The SMILES string of the molecule is N#Cc1cc(F)ccc1-n1ccc(=O)[nH]c1=S.